The molecule has 0 heterocycles. The Balaban J connectivity index is 0.00000841. The molecule has 0 fully saturated rings. The van der Waals surface area contributed by atoms with Crippen LogP contribution in [0.25, 0.3) is 0 Å². The number of benzene rings is 1. The standard InChI is InChI=1S/C27H46O2.H3N/c1-3-5-6-7-8-9-10-11-12-13-14-15-16-17-18-19-22-25-24(4-2)21-20-23-26(25)27(28)29;/h20-21,23H,3-19,22H2,1-2H3,(H,28,29);1H3. The average Bonchev–Trinajstić information content (AvgIpc) is 2.73. The Labute approximate surface area is 186 Å². The van der Waals surface area contributed by atoms with Gasteiger partial charge in [-0.05, 0) is 30.4 Å². The molecule has 30 heavy (non-hydrogen) atoms. The van der Waals surface area contributed by atoms with Gasteiger partial charge in [0.1, 0.15) is 0 Å². The molecule has 0 spiro atoms. The predicted octanol–water partition coefficient (Wildman–Crippen LogP) is 7.79. The topological polar surface area (TPSA) is 76.6 Å². The minimum absolute atomic E-state index is 0. The van der Waals surface area contributed by atoms with E-state index in [-0.39, 0.29) is 6.15 Å². The normalized spacial score (nSPS) is 10.7. The number of carbonyl (C=O) groups is 1. The fourth-order valence-corrected chi connectivity index (χ4v) is 4.30. The third-order valence-corrected chi connectivity index (χ3v) is 6.15. The fourth-order valence-electron chi connectivity index (χ4n) is 4.30. The molecule has 0 aliphatic carbocycles. The van der Waals surface area contributed by atoms with Crippen LogP contribution >= 0.6 is 0 Å². The molecule has 0 aliphatic heterocycles. The molecule has 174 valence electrons. The first kappa shape index (κ1) is 28.6. The Bertz CT molecular complexity index is 542. The smallest absolute Gasteiger partial charge is 0.0718 e. The van der Waals surface area contributed by atoms with E-state index < -0.39 is 5.97 Å². The molecule has 0 atom stereocenters. The lowest BCUT2D eigenvalue weighted by molar-refractivity contribution is -0.255. The van der Waals surface area contributed by atoms with Crippen molar-refractivity contribution in [3.8, 4) is 0 Å². The maximum Gasteiger partial charge on any atom is 0.0718 e. The van der Waals surface area contributed by atoms with Crippen LogP contribution in [-0.2, 0) is 12.8 Å². The molecule has 3 heteroatoms. The van der Waals surface area contributed by atoms with E-state index in [0.29, 0.717) is 5.56 Å². The first-order valence-corrected chi connectivity index (χ1v) is 12.5. The number of quaternary nitrogens is 1. The zero-order chi connectivity index (χ0) is 21.2. The average molecular weight is 420 g/mol. The van der Waals surface area contributed by atoms with Gasteiger partial charge < -0.3 is 16.1 Å². The number of aromatic carboxylic acids is 1. The van der Waals surface area contributed by atoms with Crippen molar-refractivity contribution in [1.29, 1.82) is 0 Å². The highest BCUT2D eigenvalue weighted by Gasteiger charge is 2.07. The Kier molecular flexibility index (Phi) is 18.7. The summed E-state index contributed by atoms with van der Waals surface area (Å²) in [5.41, 5.74) is 2.55. The second kappa shape index (κ2) is 19.6. The van der Waals surface area contributed by atoms with E-state index in [9.17, 15) is 9.90 Å². The molecule has 0 aliphatic rings. The molecule has 0 saturated heterocycles. The SMILES string of the molecule is CCCCCCCCCCCCCCCCCCc1c(CC)cccc1C(=O)[O-].[NH4+]. The van der Waals surface area contributed by atoms with Crippen LogP contribution in [0.4, 0.5) is 0 Å². The monoisotopic (exact) mass is 419 g/mol. The summed E-state index contributed by atoms with van der Waals surface area (Å²) in [6, 6.07) is 5.58. The van der Waals surface area contributed by atoms with Crippen molar-refractivity contribution in [2.45, 2.75) is 129 Å². The van der Waals surface area contributed by atoms with E-state index in [1.165, 1.54) is 96.3 Å². The van der Waals surface area contributed by atoms with Crippen LogP contribution in [0.3, 0.4) is 0 Å². The number of carbonyl (C=O) groups excluding carboxylic acids is 1. The molecular weight excluding hydrogens is 370 g/mol. The van der Waals surface area contributed by atoms with E-state index in [4.69, 9.17) is 0 Å². The van der Waals surface area contributed by atoms with Crippen LogP contribution in [0.2, 0.25) is 0 Å². The highest BCUT2D eigenvalue weighted by molar-refractivity contribution is 5.88. The summed E-state index contributed by atoms with van der Waals surface area (Å²) in [5, 5.41) is 11.4. The van der Waals surface area contributed by atoms with Crippen molar-refractivity contribution >= 4 is 5.97 Å². The van der Waals surface area contributed by atoms with E-state index >= 15 is 0 Å². The number of aryl methyl sites for hydroxylation is 1. The van der Waals surface area contributed by atoms with Gasteiger partial charge in [-0.25, -0.2) is 0 Å². The van der Waals surface area contributed by atoms with Crippen molar-refractivity contribution in [1.82, 2.24) is 6.15 Å². The molecule has 0 unspecified atom stereocenters. The van der Waals surface area contributed by atoms with E-state index in [1.54, 1.807) is 6.07 Å². The summed E-state index contributed by atoms with van der Waals surface area (Å²) in [6.45, 7) is 4.37. The fraction of sp³-hybridized carbons (Fsp3) is 0.741. The lowest BCUT2D eigenvalue weighted by Crippen LogP contribution is -2.24. The number of carboxylic acids is 1. The van der Waals surface area contributed by atoms with Crippen LogP contribution in [0.1, 0.15) is 138 Å². The predicted molar refractivity (Wildman–Crippen MR) is 129 cm³/mol. The van der Waals surface area contributed by atoms with Gasteiger partial charge in [0, 0.05) is 5.56 Å². The highest BCUT2D eigenvalue weighted by atomic mass is 16.4. The molecule has 1 aromatic rings. The molecule has 0 radical (unpaired) electrons. The van der Waals surface area contributed by atoms with Crippen LogP contribution in [0.5, 0.6) is 0 Å². The van der Waals surface area contributed by atoms with Crippen molar-refractivity contribution in [2.75, 3.05) is 0 Å². The number of rotatable bonds is 19. The molecule has 0 saturated carbocycles. The van der Waals surface area contributed by atoms with Crippen LogP contribution < -0.4 is 11.3 Å². The van der Waals surface area contributed by atoms with Gasteiger partial charge in [0.15, 0.2) is 0 Å². The minimum Gasteiger partial charge on any atom is -0.545 e. The molecule has 1 rings (SSSR count). The van der Waals surface area contributed by atoms with Gasteiger partial charge in [0.2, 0.25) is 0 Å². The third kappa shape index (κ3) is 13.1. The van der Waals surface area contributed by atoms with Gasteiger partial charge in [0.25, 0.3) is 0 Å². The molecule has 0 aromatic heterocycles. The van der Waals surface area contributed by atoms with Gasteiger partial charge in [0.05, 0.1) is 5.97 Å². The summed E-state index contributed by atoms with van der Waals surface area (Å²) in [7, 11) is 0. The molecule has 1 aromatic carbocycles. The summed E-state index contributed by atoms with van der Waals surface area (Å²) < 4.78 is 0. The van der Waals surface area contributed by atoms with Crippen molar-refractivity contribution < 1.29 is 9.90 Å². The quantitative estimate of drug-likeness (QED) is 0.232. The summed E-state index contributed by atoms with van der Waals surface area (Å²) in [6.07, 6.45) is 23.5. The van der Waals surface area contributed by atoms with Crippen LogP contribution in [0, 0.1) is 0 Å². The lowest BCUT2D eigenvalue weighted by atomic mass is 9.94. The second-order valence-electron chi connectivity index (χ2n) is 8.64. The Morgan fingerprint density at radius 3 is 1.53 bits per heavy atom. The summed E-state index contributed by atoms with van der Waals surface area (Å²) in [4.78, 5) is 11.4. The maximum absolute atomic E-state index is 11.4. The molecule has 3 nitrogen and oxygen atoms in total. The molecule has 0 amide bonds. The van der Waals surface area contributed by atoms with Crippen molar-refractivity contribution in [3.05, 3.63) is 34.9 Å². The van der Waals surface area contributed by atoms with Gasteiger partial charge in [-0.2, -0.15) is 0 Å². The minimum atomic E-state index is -1.04. The van der Waals surface area contributed by atoms with E-state index in [1.807, 2.05) is 12.1 Å². The van der Waals surface area contributed by atoms with Gasteiger partial charge in [-0.3, -0.25) is 0 Å². The van der Waals surface area contributed by atoms with Gasteiger partial charge in [-0.15, -0.1) is 0 Å². The first-order valence-electron chi connectivity index (χ1n) is 12.5. The van der Waals surface area contributed by atoms with E-state index in [2.05, 4.69) is 13.8 Å². The highest BCUT2D eigenvalue weighted by Crippen LogP contribution is 2.19. The Morgan fingerprint density at radius 1 is 0.700 bits per heavy atom. The molecule has 0 bridgehead atoms. The van der Waals surface area contributed by atoms with Crippen LogP contribution in [-0.4, -0.2) is 5.97 Å². The number of carboxylic acid groups (broad SMARTS) is 1. The largest absolute Gasteiger partial charge is 0.545 e. The molecule has 4 N–H and O–H groups in total. The Morgan fingerprint density at radius 2 is 1.13 bits per heavy atom. The van der Waals surface area contributed by atoms with Crippen molar-refractivity contribution in [2.24, 2.45) is 0 Å². The maximum atomic E-state index is 11.4. The third-order valence-electron chi connectivity index (χ3n) is 6.15. The Hall–Kier alpha value is -1.35. The number of hydrogen-bond acceptors (Lipinski definition) is 2. The van der Waals surface area contributed by atoms with Gasteiger partial charge >= 0.3 is 0 Å². The summed E-state index contributed by atoms with van der Waals surface area (Å²) >= 11 is 0. The van der Waals surface area contributed by atoms with Crippen molar-refractivity contribution in [3.63, 3.8) is 0 Å². The van der Waals surface area contributed by atoms with Crippen LogP contribution in [0.15, 0.2) is 18.2 Å². The van der Waals surface area contributed by atoms with E-state index in [0.717, 1.165) is 30.4 Å². The summed E-state index contributed by atoms with van der Waals surface area (Å²) in [5.74, 6) is -1.04. The molecular formula is C27H49NO2. The number of hydrogen-bond donors (Lipinski definition) is 1. The second-order valence-corrected chi connectivity index (χ2v) is 8.64. The van der Waals surface area contributed by atoms with Gasteiger partial charge in [-0.1, -0.05) is 128 Å². The number of unbranched alkanes of at least 4 members (excludes halogenated alkanes) is 15. The zero-order valence-electron chi connectivity index (χ0n) is 20.3. The lowest BCUT2D eigenvalue weighted by Gasteiger charge is -2.14. The first-order chi connectivity index (χ1) is 14.2. The zero-order valence-corrected chi connectivity index (χ0v) is 20.3.